The fourth-order valence-electron chi connectivity index (χ4n) is 2.05. The lowest BCUT2D eigenvalue weighted by Gasteiger charge is -2.29. The highest BCUT2D eigenvalue weighted by Gasteiger charge is 2.24. The minimum absolute atomic E-state index is 0.00322. The van der Waals surface area contributed by atoms with E-state index in [4.69, 9.17) is 18.9 Å². The summed E-state index contributed by atoms with van der Waals surface area (Å²) >= 11 is 0. The molecule has 3 atom stereocenters. The van der Waals surface area contributed by atoms with Gasteiger partial charge in [0.15, 0.2) is 12.6 Å². The van der Waals surface area contributed by atoms with E-state index in [1.165, 1.54) is 0 Å². The largest absolute Gasteiger partial charge is 0.356 e. The van der Waals surface area contributed by atoms with Crippen molar-refractivity contribution in [3.63, 3.8) is 0 Å². The molecule has 4 nitrogen and oxygen atoms in total. The quantitative estimate of drug-likeness (QED) is 0.716. The first-order valence-electron chi connectivity index (χ1n) is 5.80. The summed E-state index contributed by atoms with van der Waals surface area (Å²) in [7, 11) is 1.69. The van der Waals surface area contributed by atoms with Gasteiger partial charge in [-0.3, -0.25) is 0 Å². The standard InChI is InChI=1S/C11H20O4/c1-12-10-5-2-4-9(15-10)8-14-11-6-3-7-13-11/h9-11H,2-8H2,1H3. The van der Waals surface area contributed by atoms with Crippen molar-refractivity contribution in [1.29, 1.82) is 0 Å². The molecule has 2 aliphatic heterocycles. The van der Waals surface area contributed by atoms with E-state index in [-0.39, 0.29) is 18.7 Å². The fraction of sp³-hybridized carbons (Fsp3) is 1.00. The summed E-state index contributed by atoms with van der Waals surface area (Å²) in [6.45, 7) is 1.46. The van der Waals surface area contributed by atoms with Crippen LogP contribution in [0, 0.1) is 0 Å². The zero-order chi connectivity index (χ0) is 10.5. The van der Waals surface area contributed by atoms with Gasteiger partial charge in [-0.05, 0) is 25.7 Å². The molecular weight excluding hydrogens is 196 g/mol. The van der Waals surface area contributed by atoms with Crippen molar-refractivity contribution in [3.05, 3.63) is 0 Å². The molecule has 88 valence electrons. The van der Waals surface area contributed by atoms with Gasteiger partial charge in [0, 0.05) is 20.1 Å². The SMILES string of the molecule is COC1CCCC(COC2CCCO2)O1. The topological polar surface area (TPSA) is 36.9 Å². The summed E-state index contributed by atoms with van der Waals surface area (Å²) in [5.74, 6) is 0. The lowest BCUT2D eigenvalue weighted by atomic mass is 10.1. The van der Waals surface area contributed by atoms with Crippen LogP contribution in [0.25, 0.3) is 0 Å². The molecule has 2 saturated heterocycles. The van der Waals surface area contributed by atoms with Crippen molar-refractivity contribution in [3.8, 4) is 0 Å². The van der Waals surface area contributed by atoms with Crippen molar-refractivity contribution in [2.45, 2.75) is 50.8 Å². The lowest BCUT2D eigenvalue weighted by Crippen LogP contribution is -2.33. The maximum atomic E-state index is 5.69. The molecule has 2 fully saturated rings. The first-order chi connectivity index (χ1) is 7.38. The number of rotatable bonds is 4. The third-order valence-electron chi connectivity index (χ3n) is 2.93. The highest BCUT2D eigenvalue weighted by Crippen LogP contribution is 2.21. The molecule has 0 aromatic rings. The molecule has 0 aromatic carbocycles. The van der Waals surface area contributed by atoms with Crippen molar-refractivity contribution >= 4 is 0 Å². The van der Waals surface area contributed by atoms with Gasteiger partial charge in [-0.25, -0.2) is 0 Å². The van der Waals surface area contributed by atoms with E-state index in [0.717, 1.165) is 38.7 Å². The molecule has 0 aromatic heterocycles. The first-order valence-corrected chi connectivity index (χ1v) is 5.80. The van der Waals surface area contributed by atoms with E-state index in [1.807, 2.05) is 0 Å². The van der Waals surface area contributed by atoms with Crippen LogP contribution in [0.4, 0.5) is 0 Å². The second kappa shape index (κ2) is 5.80. The van der Waals surface area contributed by atoms with Gasteiger partial charge in [0.05, 0.1) is 12.7 Å². The van der Waals surface area contributed by atoms with Gasteiger partial charge in [-0.2, -0.15) is 0 Å². The van der Waals surface area contributed by atoms with Gasteiger partial charge in [-0.15, -0.1) is 0 Å². The Morgan fingerprint density at radius 3 is 2.73 bits per heavy atom. The predicted octanol–water partition coefficient (Wildman–Crippen LogP) is 1.68. The second-order valence-electron chi connectivity index (χ2n) is 4.13. The highest BCUT2D eigenvalue weighted by atomic mass is 16.7. The van der Waals surface area contributed by atoms with Crippen LogP contribution in [0.15, 0.2) is 0 Å². The fourth-order valence-corrected chi connectivity index (χ4v) is 2.05. The summed E-state index contributed by atoms with van der Waals surface area (Å²) < 4.78 is 21.9. The van der Waals surface area contributed by atoms with Crippen molar-refractivity contribution in [1.82, 2.24) is 0 Å². The Bertz CT molecular complexity index is 179. The van der Waals surface area contributed by atoms with Crippen LogP contribution in [0.5, 0.6) is 0 Å². The molecule has 2 rings (SSSR count). The monoisotopic (exact) mass is 216 g/mol. The van der Waals surface area contributed by atoms with E-state index in [1.54, 1.807) is 7.11 Å². The molecule has 2 aliphatic rings. The van der Waals surface area contributed by atoms with Crippen LogP contribution in [0.3, 0.4) is 0 Å². The Labute approximate surface area is 90.8 Å². The molecule has 0 amide bonds. The van der Waals surface area contributed by atoms with Gasteiger partial charge >= 0.3 is 0 Å². The highest BCUT2D eigenvalue weighted by molar-refractivity contribution is 4.66. The summed E-state index contributed by atoms with van der Waals surface area (Å²) in [4.78, 5) is 0. The molecule has 4 heteroatoms. The van der Waals surface area contributed by atoms with Gasteiger partial charge in [0.1, 0.15) is 0 Å². The molecule has 0 N–H and O–H groups in total. The molecule has 0 saturated carbocycles. The Kier molecular flexibility index (Phi) is 4.38. The Morgan fingerprint density at radius 1 is 1.13 bits per heavy atom. The van der Waals surface area contributed by atoms with E-state index >= 15 is 0 Å². The second-order valence-corrected chi connectivity index (χ2v) is 4.13. The third-order valence-corrected chi connectivity index (χ3v) is 2.93. The molecule has 15 heavy (non-hydrogen) atoms. The van der Waals surface area contributed by atoms with Crippen LogP contribution >= 0.6 is 0 Å². The van der Waals surface area contributed by atoms with Crippen LogP contribution in [-0.2, 0) is 18.9 Å². The van der Waals surface area contributed by atoms with Crippen LogP contribution in [0.2, 0.25) is 0 Å². The lowest BCUT2D eigenvalue weighted by molar-refractivity contribution is -0.210. The average molecular weight is 216 g/mol. The van der Waals surface area contributed by atoms with Gasteiger partial charge in [-0.1, -0.05) is 0 Å². The van der Waals surface area contributed by atoms with Gasteiger partial charge in [0.2, 0.25) is 0 Å². The minimum atomic E-state index is -0.0446. The van der Waals surface area contributed by atoms with Crippen molar-refractivity contribution < 1.29 is 18.9 Å². The van der Waals surface area contributed by atoms with Crippen LogP contribution < -0.4 is 0 Å². The Morgan fingerprint density at radius 2 is 2.00 bits per heavy atom. The Hall–Kier alpha value is -0.160. The summed E-state index contributed by atoms with van der Waals surface area (Å²) in [6.07, 6.45) is 5.45. The zero-order valence-electron chi connectivity index (χ0n) is 9.31. The Balaban J connectivity index is 1.65. The van der Waals surface area contributed by atoms with Gasteiger partial charge in [0.25, 0.3) is 0 Å². The number of hydrogen-bond acceptors (Lipinski definition) is 4. The van der Waals surface area contributed by atoms with Crippen molar-refractivity contribution in [2.24, 2.45) is 0 Å². The normalized spacial score (nSPS) is 37.0. The molecule has 0 bridgehead atoms. The molecular formula is C11H20O4. The number of methoxy groups -OCH3 is 1. The first kappa shape index (κ1) is 11.3. The van der Waals surface area contributed by atoms with Crippen LogP contribution in [0.1, 0.15) is 32.1 Å². The molecule has 0 spiro atoms. The van der Waals surface area contributed by atoms with Crippen LogP contribution in [-0.4, -0.2) is 39.0 Å². The van der Waals surface area contributed by atoms with E-state index < -0.39 is 0 Å². The molecule has 2 heterocycles. The molecule has 0 radical (unpaired) electrons. The third kappa shape index (κ3) is 3.41. The number of ether oxygens (including phenoxy) is 4. The summed E-state index contributed by atoms with van der Waals surface area (Å²) in [6, 6.07) is 0. The minimum Gasteiger partial charge on any atom is -0.356 e. The smallest absolute Gasteiger partial charge is 0.157 e. The summed E-state index contributed by atoms with van der Waals surface area (Å²) in [5, 5.41) is 0. The number of hydrogen-bond donors (Lipinski definition) is 0. The van der Waals surface area contributed by atoms with E-state index in [9.17, 15) is 0 Å². The maximum absolute atomic E-state index is 5.69. The predicted molar refractivity (Wildman–Crippen MR) is 54.4 cm³/mol. The van der Waals surface area contributed by atoms with Crippen molar-refractivity contribution in [2.75, 3.05) is 20.3 Å². The van der Waals surface area contributed by atoms with E-state index in [0.29, 0.717) is 6.61 Å². The van der Waals surface area contributed by atoms with Gasteiger partial charge < -0.3 is 18.9 Å². The molecule has 3 unspecified atom stereocenters. The average Bonchev–Trinajstić information content (AvgIpc) is 2.79. The van der Waals surface area contributed by atoms with E-state index in [2.05, 4.69) is 0 Å². The molecule has 0 aliphatic carbocycles. The maximum Gasteiger partial charge on any atom is 0.157 e. The summed E-state index contributed by atoms with van der Waals surface area (Å²) in [5.41, 5.74) is 0. The zero-order valence-corrected chi connectivity index (χ0v) is 9.31.